The van der Waals surface area contributed by atoms with E-state index in [4.69, 9.17) is 15.2 Å². The van der Waals surface area contributed by atoms with Gasteiger partial charge in [-0.05, 0) is 30.3 Å². The number of fused-ring (bicyclic) bond motifs is 1. The number of hydrogen-bond donors (Lipinski definition) is 2. The summed E-state index contributed by atoms with van der Waals surface area (Å²) < 4.78 is 12.2. The molecule has 3 rings (SSSR count). The van der Waals surface area contributed by atoms with E-state index in [0.717, 1.165) is 33.8 Å². The molecule has 0 fully saturated rings. The number of rotatable bonds is 2. The number of nitrogens with one attached hydrogen (secondary N) is 1. The second kappa shape index (κ2) is 5.63. The highest BCUT2D eigenvalue weighted by atomic mass is 79.9. The van der Waals surface area contributed by atoms with Gasteiger partial charge in [0.2, 0.25) is 0 Å². The third kappa shape index (κ3) is 2.82. The van der Waals surface area contributed by atoms with Crippen molar-refractivity contribution < 1.29 is 9.47 Å². The highest BCUT2D eigenvalue weighted by molar-refractivity contribution is 9.10. The molecular formula is C15H15BrN2O2. The molecule has 2 aromatic carbocycles. The Bertz CT molecular complexity index is 631. The lowest BCUT2D eigenvalue weighted by Gasteiger charge is -2.12. The molecule has 0 atom stereocenters. The summed E-state index contributed by atoms with van der Waals surface area (Å²) in [6, 6.07) is 11.5. The van der Waals surface area contributed by atoms with Gasteiger partial charge in [-0.1, -0.05) is 15.9 Å². The average Bonchev–Trinajstić information content (AvgIpc) is 2.66. The fraction of sp³-hybridized carbons (Fsp3) is 0.200. The Morgan fingerprint density at radius 2 is 1.80 bits per heavy atom. The molecule has 2 aromatic rings. The van der Waals surface area contributed by atoms with Gasteiger partial charge in [-0.3, -0.25) is 0 Å². The second-order valence-corrected chi connectivity index (χ2v) is 5.48. The van der Waals surface area contributed by atoms with E-state index in [1.807, 2.05) is 36.4 Å². The monoisotopic (exact) mass is 334 g/mol. The van der Waals surface area contributed by atoms with E-state index in [2.05, 4.69) is 21.2 Å². The first-order chi connectivity index (χ1) is 9.72. The van der Waals surface area contributed by atoms with E-state index in [-0.39, 0.29) is 0 Å². The van der Waals surface area contributed by atoms with Gasteiger partial charge < -0.3 is 20.5 Å². The highest BCUT2D eigenvalue weighted by Crippen LogP contribution is 2.34. The standard InChI is InChI=1S/C15H15BrN2O2/c16-10-2-4-13(12(17)8-10)18-11-3-5-14-15(9-11)20-7-1-6-19-14/h2-5,8-9,18H,1,6-7,17H2. The van der Waals surface area contributed by atoms with Gasteiger partial charge >= 0.3 is 0 Å². The normalized spacial score (nSPS) is 13.7. The van der Waals surface area contributed by atoms with Crippen molar-refractivity contribution >= 4 is 33.0 Å². The Morgan fingerprint density at radius 3 is 2.60 bits per heavy atom. The predicted molar refractivity (Wildman–Crippen MR) is 83.9 cm³/mol. The van der Waals surface area contributed by atoms with E-state index in [0.29, 0.717) is 18.9 Å². The lowest BCUT2D eigenvalue weighted by atomic mass is 10.2. The SMILES string of the molecule is Nc1cc(Br)ccc1Nc1ccc2c(c1)OCCCO2. The number of benzene rings is 2. The van der Waals surface area contributed by atoms with Crippen LogP contribution in [-0.2, 0) is 0 Å². The molecule has 1 heterocycles. The van der Waals surface area contributed by atoms with Gasteiger partial charge in [0.15, 0.2) is 11.5 Å². The Kier molecular flexibility index (Phi) is 3.69. The minimum atomic E-state index is 0.677. The van der Waals surface area contributed by atoms with Crippen molar-refractivity contribution in [3.05, 3.63) is 40.9 Å². The molecule has 0 aromatic heterocycles. The van der Waals surface area contributed by atoms with Gasteiger partial charge in [-0.2, -0.15) is 0 Å². The lowest BCUT2D eigenvalue weighted by Crippen LogP contribution is -1.98. The zero-order valence-electron chi connectivity index (χ0n) is 10.9. The Hall–Kier alpha value is -1.88. The van der Waals surface area contributed by atoms with Crippen LogP contribution in [0.2, 0.25) is 0 Å². The van der Waals surface area contributed by atoms with Gasteiger partial charge in [0, 0.05) is 22.6 Å². The van der Waals surface area contributed by atoms with Crippen LogP contribution in [0.3, 0.4) is 0 Å². The van der Waals surface area contributed by atoms with Crippen molar-refractivity contribution in [1.82, 2.24) is 0 Å². The summed E-state index contributed by atoms with van der Waals surface area (Å²) in [4.78, 5) is 0. The first kappa shape index (κ1) is 13.1. The quantitative estimate of drug-likeness (QED) is 0.817. The Labute approximate surface area is 126 Å². The molecule has 20 heavy (non-hydrogen) atoms. The summed E-state index contributed by atoms with van der Waals surface area (Å²) >= 11 is 3.40. The zero-order chi connectivity index (χ0) is 13.9. The molecule has 1 aliphatic heterocycles. The number of hydrogen-bond acceptors (Lipinski definition) is 4. The number of halogens is 1. The molecule has 0 saturated carbocycles. The van der Waals surface area contributed by atoms with Crippen LogP contribution < -0.4 is 20.5 Å². The van der Waals surface area contributed by atoms with Gasteiger partial charge in [-0.15, -0.1) is 0 Å². The van der Waals surface area contributed by atoms with Crippen LogP contribution in [0.25, 0.3) is 0 Å². The molecule has 0 bridgehead atoms. The summed E-state index contributed by atoms with van der Waals surface area (Å²) in [6.07, 6.45) is 0.900. The van der Waals surface area contributed by atoms with E-state index in [1.54, 1.807) is 0 Å². The molecule has 0 saturated heterocycles. The number of nitrogen functional groups attached to an aromatic ring is 1. The molecule has 4 nitrogen and oxygen atoms in total. The maximum absolute atomic E-state index is 5.98. The molecule has 3 N–H and O–H groups in total. The fourth-order valence-corrected chi connectivity index (χ4v) is 2.42. The van der Waals surface area contributed by atoms with Crippen molar-refractivity contribution in [3.63, 3.8) is 0 Å². The fourth-order valence-electron chi connectivity index (χ4n) is 2.04. The van der Waals surface area contributed by atoms with Crippen LogP contribution >= 0.6 is 15.9 Å². The third-order valence-corrected chi connectivity index (χ3v) is 3.53. The van der Waals surface area contributed by atoms with E-state index in [9.17, 15) is 0 Å². The van der Waals surface area contributed by atoms with Crippen molar-refractivity contribution in [1.29, 1.82) is 0 Å². The molecule has 0 aliphatic carbocycles. The predicted octanol–water partition coefficient (Wildman–Crippen LogP) is 3.94. The molecule has 0 unspecified atom stereocenters. The smallest absolute Gasteiger partial charge is 0.163 e. The topological polar surface area (TPSA) is 56.5 Å². The number of anilines is 3. The van der Waals surface area contributed by atoms with Crippen LogP contribution in [0.5, 0.6) is 11.5 Å². The first-order valence-corrected chi connectivity index (χ1v) is 7.23. The maximum Gasteiger partial charge on any atom is 0.163 e. The molecule has 5 heteroatoms. The minimum absolute atomic E-state index is 0.677. The molecule has 0 amide bonds. The molecule has 0 spiro atoms. The van der Waals surface area contributed by atoms with Gasteiger partial charge in [0.25, 0.3) is 0 Å². The van der Waals surface area contributed by atoms with Gasteiger partial charge in [-0.25, -0.2) is 0 Å². The van der Waals surface area contributed by atoms with Crippen LogP contribution in [0.1, 0.15) is 6.42 Å². The van der Waals surface area contributed by atoms with Crippen LogP contribution in [0.15, 0.2) is 40.9 Å². The third-order valence-electron chi connectivity index (χ3n) is 3.04. The zero-order valence-corrected chi connectivity index (χ0v) is 12.4. The number of nitrogens with two attached hydrogens (primary N) is 1. The van der Waals surface area contributed by atoms with Gasteiger partial charge in [0.05, 0.1) is 24.6 Å². The maximum atomic E-state index is 5.98. The van der Waals surface area contributed by atoms with Crippen LogP contribution in [0.4, 0.5) is 17.1 Å². The van der Waals surface area contributed by atoms with Crippen molar-refractivity contribution in [2.24, 2.45) is 0 Å². The average molecular weight is 335 g/mol. The van der Waals surface area contributed by atoms with Crippen molar-refractivity contribution in [3.8, 4) is 11.5 Å². The highest BCUT2D eigenvalue weighted by Gasteiger charge is 2.11. The molecular weight excluding hydrogens is 320 g/mol. The minimum Gasteiger partial charge on any atom is -0.490 e. The Balaban J connectivity index is 1.86. The van der Waals surface area contributed by atoms with Crippen LogP contribution in [-0.4, -0.2) is 13.2 Å². The summed E-state index contributed by atoms with van der Waals surface area (Å²) in [5, 5.41) is 3.29. The summed E-state index contributed by atoms with van der Waals surface area (Å²) in [5.74, 6) is 1.56. The lowest BCUT2D eigenvalue weighted by molar-refractivity contribution is 0.297. The molecule has 0 radical (unpaired) electrons. The summed E-state index contributed by atoms with van der Waals surface area (Å²) in [5.41, 5.74) is 8.45. The van der Waals surface area contributed by atoms with Crippen LogP contribution in [0, 0.1) is 0 Å². The molecule has 1 aliphatic rings. The second-order valence-electron chi connectivity index (χ2n) is 4.57. The Morgan fingerprint density at radius 1 is 1.00 bits per heavy atom. The van der Waals surface area contributed by atoms with Gasteiger partial charge in [0.1, 0.15) is 0 Å². The van der Waals surface area contributed by atoms with Crippen molar-refractivity contribution in [2.75, 3.05) is 24.3 Å². The van der Waals surface area contributed by atoms with E-state index >= 15 is 0 Å². The van der Waals surface area contributed by atoms with Crippen molar-refractivity contribution in [2.45, 2.75) is 6.42 Å². The van der Waals surface area contributed by atoms with E-state index in [1.165, 1.54) is 0 Å². The number of ether oxygens (including phenoxy) is 2. The summed E-state index contributed by atoms with van der Waals surface area (Å²) in [7, 11) is 0. The molecule has 104 valence electrons. The summed E-state index contributed by atoms with van der Waals surface area (Å²) in [6.45, 7) is 1.37. The largest absolute Gasteiger partial charge is 0.490 e. The first-order valence-electron chi connectivity index (χ1n) is 6.44. The van der Waals surface area contributed by atoms with E-state index < -0.39 is 0 Å².